The number of aliphatic carboxylic acids is 4. The first-order valence-electron chi connectivity index (χ1n) is 5.13. The molecule has 0 radical (unpaired) electrons. The molecule has 1 aromatic rings. The maximum Gasteiger partial charge on any atom is 0.324 e. The zero-order chi connectivity index (χ0) is 15.4. The number of hydrogen-bond acceptors (Lipinski definition) is 5. The van der Waals surface area contributed by atoms with Crippen LogP contribution in [0.4, 0.5) is 0 Å². The standard InChI is InChI=1S/C11H9NO8/c13-8(14)5(9(15)16)4-2-1-3-12-7(4)6(10(17)18)11(19)20/h1-3,5-6H,(H,13,14)(H,15,16)(H,17,18)(H,19,20). The fourth-order valence-corrected chi connectivity index (χ4v) is 1.63. The molecule has 0 saturated carbocycles. The Morgan fingerprint density at radius 2 is 1.30 bits per heavy atom. The number of carbonyl (C=O) groups is 4. The molecule has 0 aliphatic heterocycles. The zero-order valence-electron chi connectivity index (χ0n) is 9.76. The van der Waals surface area contributed by atoms with Gasteiger partial charge in [-0.05, 0) is 6.07 Å². The Balaban J connectivity index is 3.50. The van der Waals surface area contributed by atoms with Gasteiger partial charge in [-0.3, -0.25) is 24.2 Å². The monoisotopic (exact) mass is 283 g/mol. The van der Waals surface area contributed by atoms with Gasteiger partial charge in [0.2, 0.25) is 0 Å². The van der Waals surface area contributed by atoms with Crippen molar-refractivity contribution in [1.82, 2.24) is 4.98 Å². The van der Waals surface area contributed by atoms with Crippen molar-refractivity contribution in [2.24, 2.45) is 0 Å². The number of hydrogen-bond donors (Lipinski definition) is 4. The van der Waals surface area contributed by atoms with E-state index in [1.165, 1.54) is 6.07 Å². The molecule has 0 atom stereocenters. The molecule has 0 aliphatic rings. The van der Waals surface area contributed by atoms with Crippen LogP contribution in [-0.4, -0.2) is 49.3 Å². The first-order valence-corrected chi connectivity index (χ1v) is 5.13. The van der Waals surface area contributed by atoms with E-state index in [9.17, 15) is 19.2 Å². The van der Waals surface area contributed by atoms with Crippen LogP contribution in [0.25, 0.3) is 0 Å². The number of carboxylic acids is 4. The lowest BCUT2D eigenvalue weighted by atomic mass is 9.91. The third kappa shape index (κ3) is 2.88. The molecule has 9 heteroatoms. The third-order valence-electron chi connectivity index (χ3n) is 2.44. The predicted octanol–water partition coefficient (Wildman–Crippen LogP) is -0.413. The van der Waals surface area contributed by atoms with E-state index >= 15 is 0 Å². The number of rotatable bonds is 6. The first kappa shape index (κ1) is 15.1. The summed E-state index contributed by atoms with van der Waals surface area (Å²) >= 11 is 0. The lowest BCUT2D eigenvalue weighted by Gasteiger charge is -2.15. The van der Waals surface area contributed by atoms with Crippen LogP contribution >= 0.6 is 0 Å². The zero-order valence-corrected chi connectivity index (χ0v) is 9.76. The van der Waals surface area contributed by atoms with Gasteiger partial charge in [0.05, 0.1) is 5.69 Å². The van der Waals surface area contributed by atoms with Gasteiger partial charge < -0.3 is 20.4 Å². The molecule has 106 valence electrons. The smallest absolute Gasteiger partial charge is 0.324 e. The van der Waals surface area contributed by atoms with Crippen molar-refractivity contribution < 1.29 is 39.6 Å². The van der Waals surface area contributed by atoms with Gasteiger partial charge in [-0.2, -0.15) is 0 Å². The molecule has 20 heavy (non-hydrogen) atoms. The van der Waals surface area contributed by atoms with Crippen molar-refractivity contribution in [3.05, 3.63) is 29.6 Å². The van der Waals surface area contributed by atoms with E-state index in [2.05, 4.69) is 4.98 Å². The molecular formula is C11H9NO8. The van der Waals surface area contributed by atoms with Crippen molar-refractivity contribution in [3.63, 3.8) is 0 Å². The van der Waals surface area contributed by atoms with Gasteiger partial charge in [0.1, 0.15) is 0 Å². The summed E-state index contributed by atoms with van der Waals surface area (Å²) in [7, 11) is 0. The highest BCUT2D eigenvalue weighted by Crippen LogP contribution is 2.26. The Kier molecular flexibility index (Phi) is 4.36. The number of carboxylic acid groups (broad SMARTS) is 4. The molecule has 1 heterocycles. The minimum Gasteiger partial charge on any atom is -0.480 e. The van der Waals surface area contributed by atoms with E-state index in [1.54, 1.807) is 0 Å². The topological polar surface area (TPSA) is 162 Å². The van der Waals surface area contributed by atoms with Gasteiger partial charge in [0.25, 0.3) is 0 Å². The predicted molar refractivity (Wildman–Crippen MR) is 60.3 cm³/mol. The summed E-state index contributed by atoms with van der Waals surface area (Å²) in [6.45, 7) is 0. The summed E-state index contributed by atoms with van der Waals surface area (Å²) in [6, 6.07) is 2.21. The second-order valence-electron chi connectivity index (χ2n) is 3.70. The Morgan fingerprint density at radius 1 is 0.850 bits per heavy atom. The molecule has 0 aromatic carbocycles. The molecule has 0 amide bonds. The Labute approximate surface area is 111 Å². The van der Waals surface area contributed by atoms with Crippen LogP contribution in [0.15, 0.2) is 18.3 Å². The van der Waals surface area contributed by atoms with E-state index in [-0.39, 0.29) is 0 Å². The summed E-state index contributed by atoms with van der Waals surface area (Å²) in [6.07, 6.45) is 1.05. The molecule has 0 unspecified atom stereocenters. The van der Waals surface area contributed by atoms with Crippen molar-refractivity contribution in [3.8, 4) is 0 Å². The first-order chi connectivity index (χ1) is 9.27. The minimum atomic E-state index is -2.15. The lowest BCUT2D eigenvalue weighted by Crippen LogP contribution is -2.28. The average Bonchev–Trinajstić information content (AvgIpc) is 2.29. The second kappa shape index (κ2) is 5.78. The van der Waals surface area contributed by atoms with Crippen LogP contribution in [0, 0.1) is 0 Å². The Hall–Kier alpha value is -2.97. The highest BCUT2D eigenvalue weighted by molar-refractivity contribution is 6.02. The summed E-state index contributed by atoms with van der Waals surface area (Å²) in [4.78, 5) is 47.3. The number of nitrogens with zero attached hydrogens (tertiary/aromatic N) is 1. The molecule has 0 spiro atoms. The van der Waals surface area contributed by atoms with Gasteiger partial charge in [-0.25, -0.2) is 0 Å². The molecule has 0 fully saturated rings. The van der Waals surface area contributed by atoms with E-state index in [4.69, 9.17) is 20.4 Å². The van der Waals surface area contributed by atoms with Gasteiger partial charge >= 0.3 is 23.9 Å². The molecule has 4 N–H and O–H groups in total. The maximum absolute atomic E-state index is 11.0. The van der Waals surface area contributed by atoms with Crippen molar-refractivity contribution in [1.29, 1.82) is 0 Å². The molecular weight excluding hydrogens is 274 g/mol. The van der Waals surface area contributed by atoms with Crippen LogP contribution in [-0.2, 0) is 19.2 Å². The molecule has 0 saturated heterocycles. The molecule has 1 aromatic heterocycles. The highest BCUT2D eigenvalue weighted by Gasteiger charge is 2.37. The minimum absolute atomic E-state index is 0.484. The van der Waals surface area contributed by atoms with Crippen molar-refractivity contribution >= 4 is 23.9 Å². The summed E-state index contributed by atoms with van der Waals surface area (Å²) < 4.78 is 0. The fraction of sp³-hybridized carbons (Fsp3) is 0.182. The van der Waals surface area contributed by atoms with Crippen molar-refractivity contribution in [2.45, 2.75) is 11.8 Å². The second-order valence-corrected chi connectivity index (χ2v) is 3.70. The van der Waals surface area contributed by atoms with E-state index in [0.717, 1.165) is 12.3 Å². The molecule has 1 rings (SSSR count). The average molecular weight is 283 g/mol. The SMILES string of the molecule is O=C(O)C(C(=O)O)c1cccnc1C(C(=O)O)C(=O)O. The molecule has 0 bridgehead atoms. The van der Waals surface area contributed by atoms with Crippen LogP contribution < -0.4 is 0 Å². The highest BCUT2D eigenvalue weighted by atomic mass is 16.4. The van der Waals surface area contributed by atoms with E-state index < -0.39 is 47.0 Å². The van der Waals surface area contributed by atoms with Gasteiger partial charge in [0.15, 0.2) is 11.8 Å². The molecule has 0 aliphatic carbocycles. The van der Waals surface area contributed by atoms with Crippen LogP contribution in [0.2, 0.25) is 0 Å². The molecule has 9 nitrogen and oxygen atoms in total. The Morgan fingerprint density at radius 3 is 1.70 bits per heavy atom. The Bertz CT molecular complexity index is 503. The van der Waals surface area contributed by atoms with E-state index in [0.29, 0.717) is 0 Å². The lowest BCUT2D eigenvalue weighted by molar-refractivity contribution is -0.153. The number of aromatic nitrogens is 1. The van der Waals surface area contributed by atoms with Gasteiger partial charge in [0, 0.05) is 11.8 Å². The van der Waals surface area contributed by atoms with E-state index in [1.807, 2.05) is 0 Å². The third-order valence-corrected chi connectivity index (χ3v) is 2.44. The summed E-state index contributed by atoms with van der Waals surface area (Å²) in [5.74, 6) is -11.3. The van der Waals surface area contributed by atoms with Crippen LogP contribution in [0.1, 0.15) is 23.1 Å². The largest absolute Gasteiger partial charge is 0.480 e. The normalized spacial score (nSPS) is 10.5. The quantitative estimate of drug-likeness (QED) is 0.508. The fourth-order valence-electron chi connectivity index (χ4n) is 1.63. The van der Waals surface area contributed by atoms with Gasteiger partial charge in [-0.15, -0.1) is 0 Å². The summed E-state index contributed by atoms with van der Waals surface area (Å²) in [5, 5.41) is 35.5. The summed E-state index contributed by atoms with van der Waals surface area (Å²) in [5.41, 5.74) is -1.11. The van der Waals surface area contributed by atoms with Crippen LogP contribution in [0.3, 0.4) is 0 Å². The van der Waals surface area contributed by atoms with Crippen molar-refractivity contribution in [2.75, 3.05) is 0 Å². The maximum atomic E-state index is 11.0. The van der Waals surface area contributed by atoms with Crippen LogP contribution in [0.5, 0.6) is 0 Å². The number of pyridine rings is 1. The van der Waals surface area contributed by atoms with Gasteiger partial charge in [-0.1, -0.05) is 6.07 Å².